The molecule has 3 heterocycles. The number of piperidine rings is 1. The summed E-state index contributed by atoms with van der Waals surface area (Å²) in [5, 5.41) is 8.01. The molecule has 2 saturated heterocycles. The molecule has 3 aromatic rings. The fraction of sp³-hybridized carbons (Fsp3) is 0.348. The number of nitrogens with zero attached hydrogens (tertiary/aromatic N) is 2. The molecular weight excluding hydrogens is 385 g/mol. The molecule has 2 atom stereocenters. The second-order valence-corrected chi connectivity index (χ2v) is 8.03. The van der Waals surface area contributed by atoms with Crippen LogP contribution < -0.4 is 5.56 Å². The van der Waals surface area contributed by atoms with Gasteiger partial charge in [0.1, 0.15) is 5.82 Å². The van der Waals surface area contributed by atoms with Gasteiger partial charge in [0.15, 0.2) is 0 Å². The van der Waals surface area contributed by atoms with Crippen LogP contribution in [0, 0.1) is 11.7 Å². The van der Waals surface area contributed by atoms with Crippen LogP contribution in [-0.2, 0) is 11.2 Å². The molecule has 1 N–H and O–H groups in total. The Morgan fingerprint density at radius 2 is 2.03 bits per heavy atom. The van der Waals surface area contributed by atoms with Gasteiger partial charge in [-0.2, -0.15) is 5.10 Å². The Bertz CT molecular complexity index is 1180. The van der Waals surface area contributed by atoms with Crippen molar-refractivity contribution < 1.29 is 13.9 Å². The maximum absolute atomic E-state index is 14.6. The molecule has 2 fully saturated rings. The molecule has 2 aromatic carbocycles. The largest absolute Gasteiger partial charge is 0.378 e. The first-order chi connectivity index (χ1) is 14.6. The summed E-state index contributed by atoms with van der Waals surface area (Å²) >= 11 is 0. The number of halogens is 1. The highest BCUT2D eigenvalue weighted by atomic mass is 19.1. The van der Waals surface area contributed by atoms with E-state index in [-0.39, 0.29) is 23.1 Å². The van der Waals surface area contributed by atoms with Gasteiger partial charge < -0.3 is 9.64 Å². The van der Waals surface area contributed by atoms with Crippen molar-refractivity contribution in [2.24, 2.45) is 5.92 Å². The van der Waals surface area contributed by atoms with E-state index in [1.165, 1.54) is 6.07 Å². The zero-order valence-electron chi connectivity index (χ0n) is 16.4. The van der Waals surface area contributed by atoms with Crippen molar-refractivity contribution in [3.05, 3.63) is 75.5 Å². The minimum absolute atomic E-state index is 0.0820. The molecule has 2 aliphatic rings. The molecule has 7 heteroatoms. The molecule has 0 saturated carbocycles. The average molecular weight is 407 g/mol. The molecule has 1 aromatic heterocycles. The van der Waals surface area contributed by atoms with Crippen molar-refractivity contribution in [1.29, 1.82) is 0 Å². The third-order valence-electron chi connectivity index (χ3n) is 6.18. The maximum atomic E-state index is 14.6. The Balaban J connectivity index is 1.42. The first kappa shape index (κ1) is 18.9. The number of fused-ring (bicyclic) bond motifs is 2. The predicted molar refractivity (Wildman–Crippen MR) is 110 cm³/mol. The molecule has 1 amide bonds. The Morgan fingerprint density at radius 3 is 2.90 bits per heavy atom. The number of likely N-dealkylation sites (tertiary alicyclic amines) is 1. The van der Waals surface area contributed by atoms with Crippen LogP contribution in [0.5, 0.6) is 0 Å². The average Bonchev–Trinajstić information content (AvgIpc) is 3.24. The first-order valence-electron chi connectivity index (χ1n) is 10.3. The van der Waals surface area contributed by atoms with Gasteiger partial charge in [0.25, 0.3) is 11.5 Å². The number of aromatic nitrogens is 2. The lowest BCUT2D eigenvalue weighted by atomic mass is 9.93. The summed E-state index contributed by atoms with van der Waals surface area (Å²) in [6.07, 6.45) is 2.35. The lowest BCUT2D eigenvalue weighted by Gasteiger charge is -2.34. The van der Waals surface area contributed by atoms with Crippen molar-refractivity contribution in [3.63, 3.8) is 0 Å². The van der Waals surface area contributed by atoms with Gasteiger partial charge in [0.2, 0.25) is 0 Å². The minimum Gasteiger partial charge on any atom is -0.378 e. The number of aromatic amines is 1. The lowest BCUT2D eigenvalue weighted by Crippen LogP contribution is -2.44. The highest BCUT2D eigenvalue weighted by Crippen LogP contribution is 2.30. The molecule has 2 unspecified atom stereocenters. The molecular formula is C23H22FN3O3. The fourth-order valence-corrected chi connectivity index (χ4v) is 4.58. The standard InChI is InChI=1S/C23H22FN3O3/c24-19-6-5-14(12-20-16-3-1-2-4-17(16)22(28)26-25-20)11-18(19)23(29)27-9-7-21-15(13-27)8-10-30-21/h1-6,11,15,21H,7-10,12-13H2,(H,26,28). The number of H-pyrrole nitrogens is 1. The van der Waals surface area contributed by atoms with Crippen LogP contribution in [0.25, 0.3) is 10.8 Å². The Kier molecular flexibility index (Phi) is 4.83. The highest BCUT2D eigenvalue weighted by molar-refractivity contribution is 5.95. The highest BCUT2D eigenvalue weighted by Gasteiger charge is 2.36. The van der Waals surface area contributed by atoms with Gasteiger partial charge >= 0.3 is 0 Å². The molecule has 6 nitrogen and oxygen atoms in total. The van der Waals surface area contributed by atoms with Gasteiger partial charge in [-0.1, -0.05) is 24.3 Å². The van der Waals surface area contributed by atoms with Gasteiger partial charge in [-0.05, 0) is 36.6 Å². The van der Waals surface area contributed by atoms with E-state index < -0.39 is 5.82 Å². The summed E-state index contributed by atoms with van der Waals surface area (Å²) in [5.41, 5.74) is 1.28. The third-order valence-corrected chi connectivity index (χ3v) is 6.18. The van der Waals surface area contributed by atoms with Crippen molar-refractivity contribution in [3.8, 4) is 0 Å². The van der Waals surface area contributed by atoms with Crippen molar-refractivity contribution in [2.75, 3.05) is 19.7 Å². The first-order valence-corrected chi connectivity index (χ1v) is 10.3. The summed E-state index contributed by atoms with van der Waals surface area (Å²) in [5.74, 6) is -0.461. The number of rotatable bonds is 3. The van der Waals surface area contributed by atoms with E-state index in [1.54, 1.807) is 29.2 Å². The number of amides is 1. The Morgan fingerprint density at radius 1 is 1.20 bits per heavy atom. The Hall–Kier alpha value is -3.06. The SMILES string of the molecule is O=C(c1cc(Cc2n[nH]c(=O)c3ccccc23)ccc1F)N1CCC2OCCC2C1. The quantitative estimate of drug-likeness (QED) is 0.725. The van der Waals surface area contributed by atoms with Crippen LogP contribution in [0.3, 0.4) is 0 Å². The summed E-state index contributed by atoms with van der Waals surface area (Å²) < 4.78 is 20.3. The molecule has 154 valence electrons. The summed E-state index contributed by atoms with van der Waals surface area (Å²) in [4.78, 5) is 26.8. The zero-order valence-corrected chi connectivity index (χ0v) is 16.4. The summed E-state index contributed by atoms with van der Waals surface area (Å²) in [7, 11) is 0. The van der Waals surface area contributed by atoms with Crippen molar-refractivity contribution >= 4 is 16.7 Å². The van der Waals surface area contributed by atoms with Crippen molar-refractivity contribution in [1.82, 2.24) is 15.1 Å². The van der Waals surface area contributed by atoms with E-state index in [4.69, 9.17) is 4.74 Å². The maximum Gasteiger partial charge on any atom is 0.272 e. The van der Waals surface area contributed by atoms with Crippen LogP contribution in [0.15, 0.2) is 47.3 Å². The van der Waals surface area contributed by atoms with E-state index in [2.05, 4.69) is 10.2 Å². The fourth-order valence-electron chi connectivity index (χ4n) is 4.58. The number of carbonyl (C=O) groups excluding carboxylic acids is 1. The number of hydrogen-bond acceptors (Lipinski definition) is 4. The van der Waals surface area contributed by atoms with Gasteiger partial charge in [-0.15, -0.1) is 0 Å². The second kappa shape index (κ2) is 7.65. The number of ether oxygens (including phenoxy) is 1. The van der Waals surface area contributed by atoms with Gasteiger partial charge in [-0.3, -0.25) is 9.59 Å². The number of benzene rings is 2. The monoisotopic (exact) mass is 407 g/mol. The number of nitrogens with one attached hydrogen (secondary N) is 1. The topological polar surface area (TPSA) is 75.3 Å². The molecule has 0 aliphatic carbocycles. The lowest BCUT2D eigenvalue weighted by molar-refractivity contribution is 0.0304. The van der Waals surface area contributed by atoms with E-state index in [0.717, 1.165) is 30.4 Å². The van der Waals surface area contributed by atoms with E-state index in [0.29, 0.717) is 36.5 Å². The van der Waals surface area contributed by atoms with Crippen LogP contribution in [0.4, 0.5) is 4.39 Å². The van der Waals surface area contributed by atoms with Gasteiger partial charge in [-0.25, -0.2) is 9.49 Å². The number of hydrogen-bond donors (Lipinski definition) is 1. The van der Waals surface area contributed by atoms with Crippen LogP contribution in [0.1, 0.15) is 34.5 Å². The molecule has 2 aliphatic heterocycles. The van der Waals surface area contributed by atoms with E-state index in [1.807, 2.05) is 12.1 Å². The van der Waals surface area contributed by atoms with Crippen LogP contribution in [-0.4, -0.2) is 46.8 Å². The van der Waals surface area contributed by atoms with Gasteiger partial charge in [0, 0.05) is 37.4 Å². The molecule has 0 radical (unpaired) electrons. The smallest absolute Gasteiger partial charge is 0.272 e. The molecule has 0 bridgehead atoms. The summed E-state index contributed by atoms with van der Waals surface area (Å²) in [6, 6.07) is 11.8. The van der Waals surface area contributed by atoms with E-state index >= 15 is 0 Å². The molecule has 0 spiro atoms. The molecule has 30 heavy (non-hydrogen) atoms. The number of carbonyl (C=O) groups is 1. The minimum atomic E-state index is -0.521. The van der Waals surface area contributed by atoms with E-state index in [9.17, 15) is 14.0 Å². The van der Waals surface area contributed by atoms with Crippen LogP contribution >= 0.6 is 0 Å². The predicted octanol–water partition coefficient (Wildman–Crippen LogP) is 2.90. The van der Waals surface area contributed by atoms with Crippen molar-refractivity contribution in [2.45, 2.75) is 25.4 Å². The van der Waals surface area contributed by atoms with Crippen LogP contribution in [0.2, 0.25) is 0 Å². The third kappa shape index (κ3) is 3.39. The normalized spacial score (nSPS) is 21.0. The molecule has 5 rings (SSSR count). The second-order valence-electron chi connectivity index (χ2n) is 8.03. The van der Waals surface area contributed by atoms with Gasteiger partial charge in [0.05, 0.1) is 22.7 Å². The summed E-state index contributed by atoms with van der Waals surface area (Å²) in [6.45, 7) is 1.93. The Labute approximate surface area is 172 Å². The zero-order chi connectivity index (χ0) is 20.7.